The molecule has 3 nitrogen and oxygen atoms in total. The number of thioether (sulfide) groups is 1. The summed E-state index contributed by atoms with van der Waals surface area (Å²) in [7, 11) is 0. The number of ether oxygens (including phenoxy) is 1. The fourth-order valence-corrected chi connectivity index (χ4v) is 3.15. The number of nitrogens with zero attached hydrogens (tertiary/aromatic N) is 2. The van der Waals surface area contributed by atoms with Gasteiger partial charge in [-0.25, -0.2) is 4.98 Å². The summed E-state index contributed by atoms with van der Waals surface area (Å²) >= 11 is 1.28. The number of alkyl halides is 3. The number of aromatic nitrogens is 2. The van der Waals surface area contributed by atoms with E-state index in [-0.39, 0.29) is 0 Å². The minimum Gasteiger partial charge on any atom is -0.439 e. The fraction of sp³-hybridized carbons (Fsp3) is 0.200. The number of halogens is 3. The number of hydrogen-bond donors (Lipinski definition) is 0. The first kappa shape index (κ1) is 19.2. The predicted octanol–water partition coefficient (Wildman–Crippen LogP) is 6.14. The molecule has 7 heteroatoms. The van der Waals surface area contributed by atoms with Crippen LogP contribution in [0.1, 0.15) is 23.7 Å². The highest BCUT2D eigenvalue weighted by Gasteiger charge is 2.30. The van der Waals surface area contributed by atoms with Gasteiger partial charge in [0.25, 0.3) is 0 Å². The maximum Gasteiger partial charge on any atom is 0.416 e. The lowest BCUT2D eigenvalue weighted by Gasteiger charge is -2.10. The Morgan fingerprint density at radius 1 is 0.963 bits per heavy atom. The molecule has 0 radical (unpaired) electrons. The van der Waals surface area contributed by atoms with Crippen molar-refractivity contribution in [3.63, 3.8) is 0 Å². The Morgan fingerprint density at radius 3 is 2.44 bits per heavy atom. The number of para-hydroxylation sites is 1. The zero-order valence-electron chi connectivity index (χ0n) is 14.5. The second-order valence-corrected chi connectivity index (χ2v) is 6.68. The summed E-state index contributed by atoms with van der Waals surface area (Å²) in [5, 5.41) is 0.470. The van der Waals surface area contributed by atoms with Gasteiger partial charge in [0.1, 0.15) is 5.75 Å². The average Bonchev–Trinajstić information content (AvgIpc) is 2.66. The van der Waals surface area contributed by atoms with E-state index in [2.05, 4.69) is 9.97 Å². The van der Waals surface area contributed by atoms with Crippen LogP contribution in [0.3, 0.4) is 0 Å². The third-order valence-corrected chi connectivity index (χ3v) is 4.60. The molecule has 0 atom stereocenters. The van der Waals surface area contributed by atoms with Gasteiger partial charge >= 0.3 is 6.18 Å². The van der Waals surface area contributed by atoms with E-state index in [4.69, 9.17) is 4.74 Å². The molecule has 0 spiro atoms. The van der Waals surface area contributed by atoms with Crippen LogP contribution in [0.4, 0.5) is 13.2 Å². The van der Waals surface area contributed by atoms with Gasteiger partial charge in [0.2, 0.25) is 5.88 Å². The predicted molar refractivity (Wildman–Crippen MR) is 98.9 cm³/mol. The molecule has 0 aliphatic rings. The quantitative estimate of drug-likeness (QED) is 0.374. The minimum atomic E-state index is -4.35. The normalized spacial score (nSPS) is 11.4. The van der Waals surface area contributed by atoms with Gasteiger partial charge in [-0.05, 0) is 30.2 Å². The van der Waals surface area contributed by atoms with Crippen molar-refractivity contribution in [2.75, 3.05) is 0 Å². The smallest absolute Gasteiger partial charge is 0.416 e. The van der Waals surface area contributed by atoms with Gasteiger partial charge in [0.15, 0.2) is 5.16 Å². The van der Waals surface area contributed by atoms with Crippen molar-refractivity contribution in [2.24, 2.45) is 0 Å². The first-order chi connectivity index (χ1) is 12.9. The van der Waals surface area contributed by atoms with E-state index < -0.39 is 11.7 Å². The molecule has 1 heterocycles. The largest absolute Gasteiger partial charge is 0.439 e. The Bertz CT molecular complexity index is 901. The van der Waals surface area contributed by atoms with Gasteiger partial charge in [-0.3, -0.25) is 0 Å². The van der Waals surface area contributed by atoms with Crippen LogP contribution in [0.2, 0.25) is 0 Å². The Balaban J connectivity index is 1.76. The summed E-state index contributed by atoms with van der Waals surface area (Å²) < 4.78 is 44.3. The number of aryl methyl sites for hydroxylation is 1. The van der Waals surface area contributed by atoms with Gasteiger partial charge in [-0.15, -0.1) is 0 Å². The van der Waals surface area contributed by atoms with Crippen LogP contribution in [-0.4, -0.2) is 9.97 Å². The molecule has 27 heavy (non-hydrogen) atoms. The van der Waals surface area contributed by atoms with E-state index in [1.54, 1.807) is 12.1 Å². The topological polar surface area (TPSA) is 35.0 Å². The molecule has 0 saturated heterocycles. The summed E-state index contributed by atoms with van der Waals surface area (Å²) in [5.74, 6) is 1.41. The van der Waals surface area contributed by atoms with Crippen molar-refractivity contribution in [3.05, 3.63) is 77.5 Å². The molecule has 0 fully saturated rings. The molecule has 3 rings (SSSR count). The van der Waals surface area contributed by atoms with Crippen LogP contribution < -0.4 is 4.74 Å². The van der Waals surface area contributed by atoms with Crippen LogP contribution in [0.15, 0.2) is 65.8 Å². The molecular formula is C20H17F3N2OS. The zero-order chi connectivity index (χ0) is 19.3. The molecule has 0 unspecified atom stereocenters. The lowest BCUT2D eigenvalue weighted by Crippen LogP contribution is -2.05. The fourth-order valence-electron chi connectivity index (χ4n) is 2.34. The second kappa shape index (κ2) is 8.43. The molecule has 2 aromatic carbocycles. The van der Waals surface area contributed by atoms with Gasteiger partial charge < -0.3 is 4.74 Å². The Labute approximate surface area is 159 Å². The lowest BCUT2D eigenvalue weighted by molar-refractivity contribution is -0.137. The van der Waals surface area contributed by atoms with Gasteiger partial charge in [-0.2, -0.15) is 18.2 Å². The van der Waals surface area contributed by atoms with E-state index in [1.807, 2.05) is 37.3 Å². The molecule has 0 aliphatic carbocycles. The summed E-state index contributed by atoms with van der Waals surface area (Å²) in [4.78, 5) is 8.80. The van der Waals surface area contributed by atoms with Crippen molar-refractivity contribution in [1.29, 1.82) is 0 Å². The number of hydrogen-bond acceptors (Lipinski definition) is 4. The SMILES string of the molecule is CCc1cc(Oc2ccccc2)nc(SCc2cccc(C(F)(F)F)c2)n1. The summed E-state index contributed by atoms with van der Waals surface area (Å²) in [6, 6.07) is 16.3. The Morgan fingerprint density at radius 2 is 1.74 bits per heavy atom. The van der Waals surface area contributed by atoms with E-state index in [9.17, 15) is 13.2 Å². The van der Waals surface area contributed by atoms with Crippen molar-refractivity contribution >= 4 is 11.8 Å². The number of rotatable bonds is 6. The highest BCUT2D eigenvalue weighted by atomic mass is 32.2. The molecule has 1 aromatic heterocycles. The highest BCUT2D eigenvalue weighted by Crippen LogP contribution is 2.31. The van der Waals surface area contributed by atoms with Crippen molar-refractivity contribution in [2.45, 2.75) is 30.4 Å². The molecule has 140 valence electrons. The summed E-state index contributed by atoms with van der Waals surface area (Å²) in [5.41, 5.74) is 0.713. The Kier molecular flexibility index (Phi) is 6.01. The first-order valence-corrected chi connectivity index (χ1v) is 9.32. The molecule has 0 saturated carbocycles. The monoisotopic (exact) mass is 390 g/mol. The maximum atomic E-state index is 12.8. The van der Waals surface area contributed by atoms with E-state index in [0.717, 1.165) is 17.8 Å². The van der Waals surface area contributed by atoms with Crippen molar-refractivity contribution < 1.29 is 17.9 Å². The molecular weight excluding hydrogens is 373 g/mol. The lowest BCUT2D eigenvalue weighted by atomic mass is 10.1. The van der Waals surface area contributed by atoms with Gasteiger partial charge in [-0.1, -0.05) is 55.1 Å². The molecule has 0 N–H and O–H groups in total. The molecule has 0 amide bonds. The first-order valence-electron chi connectivity index (χ1n) is 8.34. The van der Waals surface area contributed by atoms with E-state index >= 15 is 0 Å². The zero-order valence-corrected chi connectivity index (χ0v) is 15.3. The van der Waals surface area contributed by atoms with Crippen molar-refractivity contribution in [1.82, 2.24) is 9.97 Å². The Hall–Kier alpha value is -2.54. The van der Waals surface area contributed by atoms with Crippen LogP contribution in [0, 0.1) is 0 Å². The highest BCUT2D eigenvalue weighted by molar-refractivity contribution is 7.98. The minimum absolute atomic E-state index is 0.335. The molecule has 0 aliphatic heterocycles. The van der Waals surface area contributed by atoms with Crippen LogP contribution in [0.5, 0.6) is 11.6 Å². The van der Waals surface area contributed by atoms with Crippen molar-refractivity contribution in [3.8, 4) is 11.6 Å². The van der Waals surface area contributed by atoms with Crippen LogP contribution in [0.25, 0.3) is 0 Å². The third-order valence-electron chi connectivity index (χ3n) is 3.69. The van der Waals surface area contributed by atoms with Crippen LogP contribution in [-0.2, 0) is 18.3 Å². The third kappa shape index (κ3) is 5.47. The maximum absolute atomic E-state index is 12.8. The molecule has 0 bridgehead atoms. The number of benzene rings is 2. The average molecular weight is 390 g/mol. The van der Waals surface area contributed by atoms with Gasteiger partial charge in [0.05, 0.1) is 5.56 Å². The summed E-state index contributed by atoms with van der Waals surface area (Å²) in [6.07, 6.45) is -3.65. The summed E-state index contributed by atoms with van der Waals surface area (Å²) in [6.45, 7) is 1.97. The second-order valence-electron chi connectivity index (χ2n) is 5.74. The molecule has 3 aromatic rings. The van der Waals surface area contributed by atoms with E-state index in [0.29, 0.717) is 34.5 Å². The standard InChI is InChI=1S/C20H17F3N2OS/c1-2-16-12-18(26-17-9-4-3-5-10-17)25-19(24-16)27-13-14-7-6-8-15(11-14)20(21,22)23/h3-12H,2,13H2,1H3. The van der Waals surface area contributed by atoms with E-state index in [1.165, 1.54) is 17.8 Å². The van der Waals surface area contributed by atoms with Crippen LogP contribution >= 0.6 is 11.8 Å². The van der Waals surface area contributed by atoms with Gasteiger partial charge in [0, 0.05) is 17.5 Å².